The van der Waals surface area contributed by atoms with Crippen molar-refractivity contribution in [3.8, 4) is 10.7 Å². The van der Waals surface area contributed by atoms with Crippen LogP contribution in [0.1, 0.15) is 15.4 Å². The van der Waals surface area contributed by atoms with Gasteiger partial charge in [0.15, 0.2) is 0 Å². The summed E-state index contributed by atoms with van der Waals surface area (Å²) in [6, 6.07) is 4.14. The van der Waals surface area contributed by atoms with Gasteiger partial charge in [-0.25, -0.2) is 4.98 Å². The van der Waals surface area contributed by atoms with E-state index >= 15 is 0 Å². The van der Waals surface area contributed by atoms with Gasteiger partial charge in [-0.3, -0.25) is 14.8 Å². The second-order valence-electron chi connectivity index (χ2n) is 5.17. The van der Waals surface area contributed by atoms with Gasteiger partial charge < -0.3 is 4.90 Å². The van der Waals surface area contributed by atoms with Crippen molar-refractivity contribution in [2.45, 2.75) is 19.9 Å². The van der Waals surface area contributed by atoms with Crippen molar-refractivity contribution < 1.29 is 4.79 Å². The zero-order valence-corrected chi connectivity index (χ0v) is 14.5. The first-order valence-corrected chi connectivity index (χ1v) is 8.81. The molecule has 0 atom stereocenters. The van der Waals surface area contributed by atoms with Crippen LogP contribution >= 0.6 is 22.7 Å². The van der Waals surface area contributed by atoms with Crippen molar-refractivity contribution in [2.75, 3.05) is 7.05 Å². The summed E-state index contributed by atoms with van der Waals surface area (Å²) in [7, 11) is 1.83. The maximum absolute atomic E-state index is 12.3. The molecule has 118 valence electrons. The highest BCUT2D eigenvalue weighted by atomic mass is 32.1. The smallest absolute Gasteiger partial charge is 0.228 e. The van der Waals surface area contributed by atoms with Gasteiger partial charge in [0.25, 0.3) is 0 Å². The molecule has 0 aliphatic heterocycles. The molecule has 0 radical (unpaired) electrons. The standard InChI is InChI=1S/C16H16N4OS2/c1-11-3-4-13(23-11)9-20(2)15(21)7-12-10-22-16(19-12)14-8-17-5-6-18-14/h3-6,8,10H,7,9H2,1-2H3. The number of thiazole rings is 1. The van der Waals surface area contributed by atoms with E-state index in [1.165, 1.54) is 21.1 Å². The Morgan fingerprint density at radius 2 is 2.17 bits per heavy atom. The molecule has 5 nitrogen and oxygen atoms in total. The molecule has 0 spiro atoms. The van der Waals surface area contributed by atoms with Gasteiger partial charge >= 0.3 is 0 Å². The zero-order chi connectivity index (χ0) is 16.2. The average molecular weight is 344 g/mol. The van der Waals surface area contributed by atoms with Crippen LogP contribution in [0.2, 0.25) is 0 Å². The molecule has 0 bridgehead atoms. The highest BCUT2D eigenvalue weighted by Gasteiger charge is 2.14. The molecule has 0 aromatic carbocycles. The predicted molar refractivity (Wildman–Crippen MR) is 92.4 cm³/mol. The Balaban J connectivity index is 1.63. The Bertz CT molecular complexity index is 797. The van der Waals surface area contributed by atoms with E-state index in [1.54, 1.807) is 34.8 Å². The first-order valence-electron chi connectivity index (χ1n) is 7.12. The number of amides is 1. The fraction of sp³-hybridized carbons (Fsp3) is 0.250. The molecular weight excluding hydrogens is 328 g/mol. The molecule has 0 aliphatic rings. The van der Waals surface area contributed by atoms with Gasteiger partial charge in [0, 0.05) is 34.6 Å². The number of aromatic nitrogens is 3. The summed E-state index contributed by atoms with van der Waals surface area (Å²) >= 11 is 3.20. The quantitative estimate of drug-likeness (QED) is 0.713. The molecule has 0 saturated heterocycles. The minimum Gasteiger partial charge on any atom is -0.340 e. The Labute approximate surface area is 142 Å². The molecule has 3 aromatic heterocycles. The van der Waals surface area contributed by atoms with Crippen molar-refractivity contribution in [1.29, 1.82) is 0 Å². The minimum atomic E-state index is 0.0621. The summed E-state index contributed by atoms with van der Waals surface area (Å²) in [4.78, 5) is 29.3. The highest BCUT2D eigenvalue weighted by molar-refractivity contribution is 7.13. The van der Waals surface area contributed by atoms with Crippen molar-refractivity contribution in [3.05, 3.63) is 51.6 Å². The number of aryl methyl sites for hydroxylation is 1. The van der Waals surface area contributed by atoms with E-state index in [-0.39, 0.29) is 5.91 Å². The summed E-state index contributed by atoms with van der Waals surface area (Å²) in [5, 5.41) is 2.70. The van der Waals surface area contributed by atoms with Gasteiger partial charge in [0.2, 0.25) is 5.91 Å². The van der Waals surface area contributed by atoms with Crippen molar-refractivity contribution in [1.82, 2.24) is 19.9 Å². The minimum absolute atomic E-state index is 0.0621. The third-order valence-corrected chi connectivity index (χ3v) is 5.18. The second kappa shape index (κ2) is 6.97. The molecule has 0 unspecified atom stereocenters. The lowest BCUT2D eigenvalue weighted by atomic mass is 10.3. The Morgan fingerprint density at radius 3 is 2.87 bits per heavy atom. The Hall–Kier alpha value is -2.12. The second-order valence-corrected chi connectivity index (χ2v) is 7.40. The van der Waals surface area contributed by atoms with Gasteiger partial charge in [-0.1, -0.05) is 0 Å². The van der Waals surface area contributed by atoms with E-state index in [9.17, 15) is 4.79 Å². The van der Waals surface area contributed by atoms with Crippen LogP contribution in [0.5, 0.6) is 0 Å². The molecule has 0 saturated carbocycles. The number of carbonyl (C=O) groups excluding carboxylic acids is 1. The van der Waals surface area contributed by atoms with Crippen LogP contribution in [0.15, 0.2) is 36.1 Å². The van der Waals surface area contributed by atoms with Crippen LogP contribution in [0.4, 0.5) is 0 Å². The maximum Gasteiger partial charge on any atom is 0.228 e. The van der Waals surface area contributed by atoms with Gasteiger partial charge in [0.05, 0.1) is 24.9 Å². The number of hydrogen-bond acceptors (Lipinski definition) is 6. The number of likely N-dealkylation sites (N-methyl/N-ethyl adjacent to an activating group) is 1. The van der Waals surface area contributed by atoms with E-state index < -0.39 is 0 Å². The average Bonchev–Trinajstić information content (AvgIpc) is 3.17. The molecule has 0 fully saturated rings. The summed E-state index contributed by atoms with van der Waals surface area (Å²) in [5.74, 6) is 0.0621. The SMILES string of the molecule is Cc1ccc(CN(C)C(=O)Cc2csc(-c3cnccn3)n2)s1. The largest absolute Gasteiger partial charge is 0.340 e. The van der Waals surface area contributed by atoms with Gasteiger partial charge in [-0.15, -0.1) is 22.7 Å². The normalized spacial score (nSPS) is 10.7. The van der Waals surface area contributed by atoms with E-state index in [1.807, 2.05) is 12.4 Å². The third kappa shape index (κ3) is 4.00. The van der Waals surface area contributed by atoms with E-state index in [2.05, 4.69) is 34.0 Å². The number of carbonyl (C=O) groups is 1. The van der Waals surface area contributed by atoms with Gasteiger partial charge in [-0.05, 0) is 19.1 Å². The number of rotatable bonds is 5. The molecule has 3 rings (SSSR count). The molecule has 3 heterocycles. The number of thiophene rings is 1. The monoisotopic (exact) mass is 344 g/mol. The van der Waals surface area contributed by atoms with Gasteiger partial charge in [-0.2, -0.15) is 0 Å². The fourth-order valence-electron chi connectivity index (χ4n) is 2.10. The Morgan fingerprint density at radius 1 is 1.30 bits per heavy atom. The molecule has 23 heavy (non-hydrogen) atoms. The molecule has 7 heteroatoms. The zero-order valence-electron chi connectivity index (χ0n) is 12.9. The number of nitrogens with zero attached hydrogens (tertiary/aromatic N) is 4. The summed E-state index contributed by atoms with van der Waals surface area (Å²) in [6.07, 6.45) is 5.24. The molecular formula is C16H16N4OS2. The van der Waals surface area contributed by atoms with E-state index in [4.69, 9.17) is 0 Å². The van der Waals surface area contributed by atoms with Crippen LogP contribution < -0.4 is 0 Å². The first-order chi connectivity index (χ1) is 11.1. The predicted octanol–water partition coefficient (Wildman–Crippen LogP) is 3.17. The fourth-order valence-corrected chi connectivity index (χ4v) is 3.82. The van der Waals surface area contributed by atoms with Crippen LogP contribution in [0.25, 0.3) is 10.7 Å². The molecule has 0 N–H and O–H groups in total. The van der Waals surface area contributed by atoms with Crippen molar-refractivity contribution >= 4 is 28.6 Å². The van der Waals surface area contributed by atoms with Crippen molar-refractivity contribution in [2.24, 2.45) is 0 Å². The number of hydrogen-bond donors (Lipinski definition) is 0. The van der Waals surface area contributed by atoms with Crippen LogP contribution in [-0.4, -0.2) is 32.8 Å². The van der Waals surface area contributed by atoms with Crippen LogP contribution in [0, 0.1) is 6.92 Å². The van der Waals surface area contributed by atoms with E-state index in [0.717, 1.165) is 16.4 Å². The highest BCUT2D eigenvalue weighted by Crippen LogP contribution is 2.21. The van der Waals surface area contributed by atoms with Crippen molar-refractivity contribution in [3.63, 3.8) is 0 Å². The van der Waals surface area contributed by atoms with E-state index in [0.29, 0.717) is 13.0 Å². The maximum atomic E-state index is 12.3. The molecule has 1 amide bonds. The summed E-state index contributed by atoms with van der Waals surface area (Å²) < 4.78 is 0. The lowest BCUT2D eigenvalue weighted by molar-refractivity contribution is -0.129. The lowest BCUT2D eigenvalue weighted by Gasteiger charge is -2.15. The molecule has 0 aliphatic carbocycles. The third-order valence-electron chi connectivity index (χ3n) is 3.28. The molecule has 3 aromatic rings. The summed E-state index contributed by atoms with van der Waals surface area (Å²) in [5.41, 5.74) is 1.51. The lowest BCUT2D eigenvalue weighted by Crippen LogP contribution is -2.27. The van der Waals surface area contributed by atoms with Crippen LogP contribution in [-0.2, 0) is 17.8 Å². The summed E-state index contributed by atoms with van der Waals surface area (Å²) in [6.45, 7) is 2.71. The van der Waals surface area contributed by atoms with Gasteiger partial charge in [0.1, 0.15) is 10.7 Å². The Kier molecular flexibility index (Phi) is 4.78. The van der Waals surface area contributed by atoms with Crippen LogP contribution in [0.3, 0.4) is 0 Å². The topological polar surface area (TPSA) is 59.0 Å². The first kappa shape index (κ1) is 15.8.